The van der Waals surface area contributed by atoms with Crippen LogP contribution in [-0.4, -0.2) is 28.6 Å². The molecule has 146 valence electrons. The fourth-order valence-corrected chi connectivity index (χ4v) is 3.78. The third-order valence-corrected chi connectivity index (χ3v) is 5.24. The molecule has 7 heteroatoms. The number of hydrogen-bond donors (Lipinski definition) is 1. The van der Waals surface area contributed by atoms with E-state index in [9.17, 15) is 4.79 Å². The molecule has 0 aliphatic rings. The van der Waals surface area contributed by atoms with Crippen molar-refractivity contribution in [2.75, 3.05) is 19.0 Å². The molecule has 0 unspecified atom stereocenters. The van der Waals surface area contributed by atoms with Crippen molar-refractivity contribution < 1.29 is 17.0 Å². The van der Waals surface area contributed by atoms with Crippen molar-refractivity contribution in [3.8, 4) is 5.95 Å². The third-order valence-electron chi connectivity index (χ3n) is 5.24. The van der Waals surface area contributed by atoms with Gasteiger partial charge in [0.2, 0.25) is 5.43 Å². The average molecular weight is 406 g/mol. The van der Waals surface area contributed by atoms with Crippen LogP contribution in [0.5, 0.6) is 0 Å². The number of para-hydroxylation sites is 1. The first kappa shape index (κ1) is 19.0. The Hall–Kier alpha value is -3.38. The number of aromatic nitrogens is 4. The molecule has 29 heavy (non-hydrogen) atoms. The van der Waals surface area contributed by atoms with Gasteiger partial charge in [-0.25, -0.2) is 9.13 Å². The predicted octanol–water partition coefficient (Wildman–Crippen LogP) is -0.0853. The first-order valence-corrected chi connectivity index (χ1v) is 9.14. The molecule has 0 aliphatic heterocycles. The molecule has 5 aromatic rings. The zero-order chi connectivity index (χ0) is 19.4. The highest BCUT2D eigenvalue weighted by Gasteiger charge is 2.22. The number of hydrogen-bond acceptors (Lipinski definition) is 3. The fraction of sp³-hybridized carbons (Fsp3) is 0.136. The molecule has 5 rings (SSSR count). The minimum atomic E-state index is 0. The van der Waals surface area contributed by atoms with Crippen molar-refractivity contribution in [3.63, 3.8) is 0 Å². The Balaban J connectivity index is 0.00000205. The number of fused-ring (bicyclic) bond motifs is 4. The fourth-order valence-electron chi connectivity index (χ4n) is 3.78. The second kappa shape index (κ2) is 6.90. The lowest BCUT2D eigenvalue weighted by Crippen LogP contribution is -3.00. The SMILES string of the molecule is CN(C)c1cc[n+](-c2nc3ccc4[nH]c5ccccc5c(=O)c4c3n2C)cc1.[Cl-]. The number of nitrogens with one attached hydrogen (secondary N) is 1. The second-order valence-corrected chi connectivity index (χ2v) is 7.18. The molecule has 0 amide bonds. The Morgan fingerprint density at radius 1 is 1.00 bits per heavy atom. The van der Waals surface area contributed by atoms with Gasteiger partial charge in [0.25, 0.3) is 0 Å². The lowest BCUT2D eigenvalue weighted by atomic mass is 10.1. The summed E-state index contributed by atoms with van der Waals surface area (Å²) in [6.45, 7) is 0. The van der Waals surface area contributed by atoms with E-state index < -0.39 is 0 Å². The number of rotatable bonds is 2. The number of aryl methyl sites for hydroxylation is 1. The van der Waals surface area contributed by atoms with Gasteiger partial charge in [-0.1, -0.05) is 17.1 Å². The van der Waals surface area contributed by atoms with Gasteiger partial charge >= 0.3 is 5.95 Å². The van der Waals surface area contributed by atoms with Crippen LogP contribution < -0.4 is 27.3 Å². The summed E-state index contributed by atoms with van der Waals surface area (Å²) in [5, 5.41) is 1.36. The Morgan fingerprint density at radius 3 is 2.45 bits per heavy atom. The highest BCUT2D eigenvalue weighted by Crippen LogP contribution is 2.24. The molecule has 2 aromatic carbocycles. The number of benzene rings is 2. The van der Waals surface area contributed by atoms with E-state index in [-0.39, 0.29) is 17.8 Å². The Bertz CT molecular complexity index is 1420. The van der Waals surface area contributed by atoms with Gasteiger partial charge in [0.15, 0.2) is 11.0 Å². The predicted molar refractivity (Wildman–Crippen MR) is 112 cm³/mol. The molecule has 0 bridgehead atoms. The van der Waals surface area contributed by atoms with Crippen molar-refractivity contribution in [3.05, 3.63) is 71.1 Å². The second-order valence-electron chi connectivity index (χ2n) is 7.18. The maximum Gasteiger partial charge on any atom is 0.404 e. The van der Waals surface area contributed by atoms with Crippen LogP contribution in [0.3, 0.4) is 0 Å². The highest BCUT2D eigenvalue weighted by atomic mass is 35.5. The molecule has 0 saturated heterocycles. The maximum atomic E-state index is 13.2. The summed E-state index contributed by atoms with van der Waals surface area (Å²) in [4.78, 5) is 23.5. The van der Waals surface area contributed by atoms with E-state index in [1.807, 2.05) is 91.2 Å². The summed E-state index contributed by atoms with van der Waals surface area (Å²) in [7, 11) is 5.97. The molecule has 0 aliphatic carbocycles. The lowest BCUT2D eigenvalue weighted by molar-refractivity contribution is -0.604. The summed E-state index contributed by atoms with van der Waals surface area (Å²) in [5.41, 5.74) is 4.44. The average Bonchev–Trinajstić information content (AvgIpc) is 3.05. The van der Waals surface area contributed by atoms with E-state index >= 15 is 0 Å². The molecule has 3 heterocycles. The number of anilines is 1. The monoisotopic (exact) mass is 405 g/mol. The molecule has 0 fully saturated rings. The van der Waals surface area contributed by atoms with Crippen molar-refractivity contribution in [1.82, 2.24) is 14.5 Å². The van der Waals surface area contributed by atoms with Crippen LogP contribution in [0.25, 0.3) is 38.8 Å². The van der Waals surface area contributed by atoms with Gasteiger partial charge in [-0.05, 0) is 36.4 Å². The van der Waals surface area contributed by atoms with E-state index in [0.29, 0.717) is 10.8 Å². The largest absolute Gasteiger partial charge is 1.00 e. The van der Waals surface area contributed by atoms with Gasteiger partial charge in [0, 0.05) is 30.7 Å². The van der Waals surface area contributed by atoms with Gasteiger partial charge in [0.1, 0.15) is 0 Å². The summed E-state index contributed by atoms with van der Waals surface area (Å²) in [6, 6.07) is 15.6. The van der Waals surface area contributed by atoms with Crippen molar-refractivity contribution in [1.29, 1.82) is 0 Å². The van der Waals surface area contributed by atoms with Crippen LogP contribution in [0.1, 0.15) is 0 Å². The van der Waals surface area contributed by atoms with Crippen molar-refractivity contribution in [2.24, 2.45) is 7.05 Å². The molecule has 0 radical (unpaired) electrons. The number of H-pyrrole nitrogens is 1. The van der Waals surface area contributed by atoms with Gasteiger partial charge in [-0.15, -0.1) is 0 Å². The molecule has 1 N–H and O–H groups in total. The molecule has 0 atom stereocenters. The van der Waals surface area contributed by atoms with Crippen LogP contribution in [0.4, 0.5) is 5.69 Å². The van der Waals surface area contributed by atoms with Crippen molar-refractivity contribution >= 4 is 38.5 Å². The van der Waals surface area contributed by atoms with Gasteiger partial charge in [0.05, 0.1) is 30.3 Å². The number of imidazole rings is 1. The van der Waals surface area contributed by atoms with Crippen LogP contribution in [-0.2, 0) is 7.05 Å². The van der Waals surface area contributed by atoms with Gasteiger partial charge in [-0.3, -0.25) is 4.79 Å². The third kappa shape index (κ3) is 2.84. The first-order valence-electron chi connectivity index (χ1n) is 9.14. The minimum Gasteiger partial charge on any atom is -1.00 e. The summed E-state index contributed by atoms with van der Waals surface area (Å²) in [6.07, 6.45) is 3.97. The van der Waals surface area contributed by atoms with E-state index in [2.05, 4.69) is 9.88 Å². The van der Waals surface area contributed by atoms with Crippen molar-refractivity contribution in [2.45, 2.75) is 0 Å². The molecular weight excluding hydrogens is 386 g/mol. The quantitative estimate of drug-likeness (QED) is 0.330. The van der Waals surface area contributed by atoms with E-state index in [1.54, 1.807) is 0 Å². The molecule has 6 nitrogen and oxygen atoms in total. The van der Waals surface area contributed by atoms with E-state index in [0.717, 1.165) is 33.7 Å². The van der Waals surface area contributed by atoms with Crippen LogP contribution >= 0.6 is 0 Å². The first-order chi connectivity index (χ1) is 13.5. The normalized spacial score (nSPS) is 11.1. The summed E-state index contributed by atoms with van der Waals surface area (Å²) >= 11 is 0. The number of pyridine rings is 2. The molecular formula is C22H20ClN5O. The number of nitrogens with zero attached hydrogens (tertiary/aromatic N) is 4. The Kier molecular flexibility index (Phi) is 4.51. The Morgan fingerprint density at radius 2 is 1.72 bits per heavy atom. The standard InChI is InChI=1S/C22H19N5O.ClH/c1-25(2)14-10-12-27(13-11-14)22-24-18-9-8-17-19(20(18)26(22)3)21(28)15-6-4-5-7-16(15)23-17;/h4-13H,1-3H3;1H. The van der Waals surface area contributed by atoms with Crippen LogP contribution in [0.2, 0.25) is 0 Å². The molecule has 3 aromatic heterocycles. The smallest absolute Gasteiger partial charge is 0.404 e. The van der Waals surface area contributed by atoms with Gasteiger partial charge < -0.3 is 22.3 Å². The zero-order valence-corrected chi connectivity index (χ0v) is 17.1. The maximum absolute atomic E-state index is 13.2. The Labute approximate surface area is 173 Å². The van der Waals surface area contributed by atoms with Gasteiger partial charge in [-0.2, -0.15) is 0 Å². The van der Waals surface area contributed by atoms with E-state index in [4.69, 9.17) is 4.98 Å². The molecule has 0 saturated carbocycles. The number of aromatic amines is 1. The summed E-state index contributed by atoms with van der Waals surface area (Å²) < 4.78 is 3.95. The topological polar surface area (TPSA) is 57.8 Å². The van der Waals surface area contributed by atoms with Crippen LogP contribution in [0, 0.1) is 0 Å². The summed E-state index contributed by atoms with van der Waals surface area (Å²) in [5.74, 6) is 0.764. The molecule has 0 spiro atoms. The number of halogens is 1. The highest BCUT2D eigenvalue weighted by molar-refractivity contribution is 6.07. The van der Waals surface area contributed by atoms with Crippen LogP contribution in [0.15, 0.2) is 65.7 Å². The lowest BCUT2D eigenvalue weighted by Gasteiger charge is -2.11. The van der Waals surface area contributed by atoms with E-state index in [1.165, 1.54) is 0 Å². The minimum absolute atomic E-state index is 0. The zero-order valence-electron chi connectivity index (χ0n) is 16.3.